The van der Waals surface area contributed by atoms with Gasteiger partial charge in [-0.25, -0.2) is 4.79 Å². The van der Waals surface area contributed by atoms with Gasteiger partial charge in [-0.3, -0.25) is 14.9 Å². The van der Waals surface area contributed by atoms with Gasteiger partial charge >= 0.3 is 6.03 Å². The highest BCUT2D eigenvalue weighted by Crippen LogP contribution is 2.33. The first kappa shape index (κ1) is 20.3. The number of hydrogen-bond donors (Lipinski definition) is 3. The van der Waals surface area contributed by atoms with Crippen molar-refractivity contribution in [2.45, 2.75) is 26.8 Å². The number of carbonyl (C=O) groups is 2. The summed E-state index contributed by atoms with van der Waals surface area (Å²) in [7, 11) is 0. The maximum atomic E-state index is 13.1. The molecule has 29 heavy (non-hydrogen) atoms. The molecule has 0 spiro atoms. The van der Waals surface area contributed by atoms with Gasteiger partial charge in [-0.15, -0.1) is 0 Å². The Morgan fingerprint density at radius 1 is 1.17 bits per heavy atom. The van der Waals surface area contributed by atoms with Crippen molar-refractivity contribution in [2.75, 3.05) is 5.32 Å². The second-order valence-electron chi connectivity index (χ2n) is 6.81. The van der Waals surface area contributed by atoms with E-state index >= 15 is 0 Å². The van der Waals surface area contributed by atoms with Gasteiger partial charge in [0, 0.05) is 17.5 Å². The van der Waals surface area contributed by atoms with E-state index in [1.165, 1.54) is 12.1 Å². The van der Waals surface area contributed by atoms with E-state index in [9.17, 15) is 19.7 Å². The van der Waals surface area contributed by atoms with Crippen LogP contribution in [0.3, 0.4) is 0 Å². The lowest BCUT2D eigenvalue weighted by molar-refractivity contribution is -0.384. The van der Waals surface area contributed by atoms with Crippen LogP contribution in [0.4, 0.5) is 16.2 Å². The molecule has 0 radical (unpaired) electrons. The number of urea groups is 1. The number of amides is 3. The number of halogens is 1. The molecule has 0 aliphatic carbocycles. The summed E-state index contributed by atoms with van der Waals surface area (Å²) in [6.07, 6.45) is 0. The first-order valence-electron chi connectivity index (χ1n) is 8.78. The van der Waals surface area contributed by atoms with Crippen molar-refractivity contribution in [3.63, 3.8) is 0 Å². The minimum atomic E-state index is -0.870. The van der Waals surface area contributed by atoms with Crippen LogP contribution in [0.1, 0.15) is 29.7 Å². The minimum Gasteiger partial charge on any atom is -0.327 e. The lowest BCUT2D eigenvalue weighted by Gasteiger charge is -2.28. The van der Waals surface area contributed by atoms with Crippen molar-refractivity contribution in [1.82, 2.24) is 10.6 Å². The smallest absolute Gasteiger partial charge is 0.319 e. The standard InChI is InChI=1S/C20H19ClN4O4/c1-10-4-7-15(11(2)8-10)23-19(26)17-12(3)22-20(27)24-18(17)13-5-6-14(21)16(9-13)25(28)29/h4-9,18H,1-3H3,(H,23,26)(H2,22,24,27)/t18-/m0/s1. The minimum absolute atomic E-state index is 0.0269. The van der Waals surface area contributed by atoms with Gasteiger partial charge in [-0.05, 0) is 44.0 Å². The predicted molar refractivity (Wildman–Crippen MR) is 110 cm³/mol. The van der Waals surface area contributed by atoms with Crippen molar-refractivity contribution in [3.05, 3.63) is 79.5 Å². The Bertz CT molecular complexity index is 1060. The van der Waals surface area contributed by atoms with Gasteiger partial charge in [0.1, 0.15) is 5.02 Å². The van der Waals surface area contributed by atoms with Crippen LogP contribution in [0.5, 0.6) is 0 Å². The molecule has 8 nitrogen and oxygen atoms in total. The molecule has 1 aliphatic heterocycles. The zero-order chi connectivity index (χ0) is 21.3. The van der Waals surface area contributed by atoms with Crippen LogP contribution in [0.25, 0.3) is 0 Å². The third kappa shape index (κ3) is 4.22. The second kappa shape index (κ2) is 7.92. The number of nitrogens with one attached hydrogen (secondary N) is 3. The van der Waals surface area contributed by atoms with Crippen molar-refractivity contribution >= 4 is 34.9 Å². The molecule has 3 rings (SSSR count). The van der Waals surface area contributed by atoms with Gasteiger partial charge in [-0.1, -0.05) is 35.4 Å². The van der Waals surface area contributed by atoms with Gasteiger partial charge in [0.05, 0.1) is 16.5 Å². The highest BCUT2D eigenvalue weighted by atomic mass is 35.5. The van der Waals surface area contributed by atoms with E-state index in [1.807, 2.05) is 26.0 Å². The summed E-state index contributed by atoms with van der Waals surface area (Å²) in [5.41, 5.74) is 3.28. The third-order valence-corrected chi connectivity index (χ3v) is 4.96. The molecule has 3 N–H and O–H groups in total. The monoisotopic (exact) mass is 414 g/mol. The number of aryl methyl sites for hydroxylation is 2. The van der Waals surface area contributed by atoms with E-state index in [1.54, 1.807) is 19.1 Å². The molecule has 0 saturated heterocycles. The van der Waals surface area contributed by atoms with E-state index < -0.39 is 22.9 Å². The maximum absolute atomic E-state index is 13.1. The summed E-state index contributed by atoms with van der Waals surface area (Å²) in [5.74, 6) is -0.426. The van der Waals surface area contributed by atoms with Gasteiger partial charge in [-0.2, -0.15) is 0 Å². The van der Waals surface area contributed by atoms with Gasteiger partial charge in [0.25, 0.3) is 11.6 Å². The van der Waals surface area contributed by atoms with E-state index in [2.05, 4.69) is 16.0 Å². The molecule has 0 bridgehead atoms. The molecule has 1 heterocycles. The highest BCUT2D eigenvalue weighted by Gasteiger charge is 2.32. The first-order chi connectivity index (χ1) is 13.7. The molecule has 1 aliphatic rings. The quantitative estimate of drug-likeness (QED) is 0.515. The summed E-state index contributed by atoms with van der Waals surface area (Å²) in [6.45, 7) is 5.44. The van der Waals surface area contributed by atoms with Crippen LogP contribution >= 0.6 is 11.6 Å². The number of allylic oxidation sites excluding steroid dienone is 1. The number of rotatable bonds is 4. The van der Waals surface area contributed by atoms with Crippen LogP contribution < -0.4 is 16.0 Å². The summed E-state index contributed by atoms with van der Waals surface area (Å²) in [6, 6.07) is 8.43. The number of benzene rings is 2. The van der Waals surface area contributed by atoms with Crippen LogP contribution in [-0.4, -0.2) is 16.9 Å². The molecule has 3 amide bonds. The number of anilines is 1. The van der Waals surface area contributed by atoms with Crippen LogP contribution in [0, 0.1) is 24.0 Å². The Labute approximate surface area is 172 Å². The highest BCUT2D eigenvalue weighted by molar-refractivity contribution is 6.32. The molecule has 2 aromatic carbocycles. The molecule has 0 unspecified atom stereocenters. The van der Waals surface area contributed by atoms with Crippen LogP contribution in [0.15, 0.2) is 47.7 Å². The van der Waals surface area contributed by atoms with Crippen molar-refractivity contribution in [1.29, 1.82) is 0 Å². The molecule has 9 heteroatoms. The Kier molecular flexibility index (Phi) is 5.56. The normalized spacial score (nSPS) is 16.1. The average Bonchev–Trinajstić information content (AvgIpc) is 2.63. The van der Waals surface area contributed by atoms with Crippen molar-refractivity contribution in [2.24, 2.45) is 0 Å². The number of nitro groups is 1. The summed E-state index contributed by atoms with van der Waals surface area (Å²) in [5, 5.41) is 19.3. The fraction of sp³-hybridized carbons (Fsp3) is 0.200. The number of hydrogen-bond acceptors (Lipinski definition) is 4. The Balaban J connectivity index is 2.01. The lowest BCUT2D eigenvalue weighted by Crippen LogP contribution is -2.46. The van der Waals surface area contributed by atoms with E-state index in [4.69, 9.17) is 11.6 Å². The van der Waals surface area contributed by atoms with Crippen LogP contribution in [0.2, 0.25) is 5.02 Å². The Hall–Kier alpha value is -3.39. The number of nitrogens with zero attached hydrogens (tertiary/aromatic N) is 1. The number of nitro benzene ring substituents is 1. The molecule has 2 aromatic rings. The summed E-state index contributed by atoms with van der Waals surface area (Å²) in [4.78, 5) is 35.7. The molecule has 150 valence electrons. The third-order valence-electron chi connectivity index (χ3n) is 4.64. The molecular formula is C20H19ClN4O4. The molecular weight excluding hydrogens is 396 g/mol. The van der Waals surface area contributed by atoms with Crippen molar-refractivity contribution in [3.8, 4) is 0 Å². The predicted octanol–water partition coefficient (Wildman–Crippen LogP) is 4.13. The SMILES string of the molecule is CC1=C(C(=O)Nc2ccc(C)cc2C)[C@H](c2ccc(Cl)c([N+](=O)[O-])c2)NC(=O)N1. The van der Waals surface area contributed by atoms with Crippen molar-refractivity contribution < 1.29 is 14.5 Å². The Morgan fingerprint density at radius 2 is 1.90 bits per heavy atom. The Morgan fingerprint density at radius 3 is 2.55 bits per heavy atom. The zero-order valence-electron chi connectivity index (χ0n) is 16.0. The van der Waals surface area contributed by atoms with E-state index in [0.29, 0.717) is 16.9 Å². The van der Waals surface area contributed by atoms with Gasteiger partial charge in [0.2, 0.25) is 0 Å². The van der Waals surface area contributed by atoms with Crippen LogP contribution in [-0.2, 0) is 4.79 Å². The van der Waals surface area contributed by atoms with Gasteiger partial charge in [0.15, 0.2) is 0 Å². The maximum Gasteiger partial charge on any atom is 0.319 e. The van der Waals surface area contributed by atoms with E-state index in [0.717, 1.165) is 11.1 Å². The summed E-state index contributed by atoms with van der Waals surface area (Å²) < 4.78 is 0. The topological polar surface area (TPSA) is 113 Å². The molecule has 0 saturated carbocycles. The average molecular weight is 415 g/mol. The molecule has 1 atom stereocenters. The number of carbonyl (C=O) groups excluding carboxylic acids is 2. The summed E-state index contributed by atoms with van der Waals surface area (Å²) >= 11 is 5.89. The largest absolute Gasteiger partial charge is 0.327 e. The van der Waals surface area contributed by atoms with E-state index in [-0.39, 0.29) is 16.3 Å². The fourth-order valence-electron chi connectivity index (χ4n) is 3.24. The second-order valence-corrected chi connectivity index (χ2v) is 7.22. The molecule has 0 aromatic heterocycles. The first-order valence-corrected chi connectivity index (χ1v) is 9.16. The van der Waals surface area contributed by atoms with Gasteiger partial charge < -0.3 is 16.0 Å². The molecule has 0 fully saturated rings. The lowest BCUT2D eigenvalue weighted by atomic mass is 9.94. The zero-order valence-corrected chi connectivity index (χ0v) is 16.8. The fourth-order valence-corrected chi connectivity index (χ4v) is 3.42.